The molecule has 0 fully saturated rings. The van der Waals surface area contributed by atoms with Crippen LogP contribution in [0.15, 0.2) is 58.7 Å². The molecule has 2 aromatic carbocycles. The quantitative estimate of drug-likeness (QED) is 0.330. The third kappa shape index (κ3) is 3.90. The first kappa shape index (κ1) is 20.6. The van der Waals surface area contributed by atoms with Crippen molar-refractivity contribution in [1.82, 2.24) is 0 Å². The van der Waals surface area contributed by atoms with E-state index in [-0.39, 0.29) is 17.9 Å². The molecule has 5 nitrogen and oxygen atoms in total. The normalized spacial score (nSPS) is 13.0. The van der Waals surface area contributed by atoms with Crippen LogP contribution < -0.4 is 0 Å². The number of benzene rings is 2. The topological polar surface area (TPSA) is 68.1 Å². The molecule has 5 heteroatoms. The van der Waals surface area contributed by atoms with E-state index in [0.29, 0.717) is 18.6 Å². The van der Waals surface area contributed by atoms with Crippen LogP contribution in [0, 0.1) is 5.41 Å². The second kappa shape index (κ2) is 8.52. The van der Waals surface area contributed by atoms with Crippen molar-refractivity contribution in [3.8, 4) is 11.1 Å². The molecule has 3 rings (SSSR count). The summed E-state index contributed by atoms with van der Waals surface area (Å²) in [5, 5.41) is 8.62. The number of hydrogen-bond donors (Lipinski definition) is 0. The molecule has 0 saturated carbocycles. The van der Waals surface area contributed by atoms with Crippen LogP contribution in [0.25, 0.3) is 11.1 Å². The molecule has 0 atom stereocenters. The van der Waals surface area contributed by atoms with Gasteiger partial charge < -0.3 is 4.74 Å². The van der Waals surface area contributed by atoms with Crippen LogP contribution in [-0.4, -0.2) is 30.3 Å². The molecule has 0 radical (unpaired) electrons. The average Bonchev–Trinajstić information content (AvgIpc) is 3.09. The number of esters is 1. The maximum absolute atomic E-state index is 12.8. The number of hydrogen-bond acceptors (Lipinski definition) is 5. The second-order valence-corrected chi connectivity index (χ2v) is 7.45. The molecule has 0 N–H and O–H groups in total. The van der Waals surface area contributed by atoms with Gasteiger partial charge in [0.15, 0.2) is 5.71 Å². The molecule has 0 saturated heterocycles. The highest BCUT2D eigenvalue weighted by molar-refractivity contribution is 6.40. The van der Waals surface area contributed by atoms with Crippen LogP contribution in [-0.2, 0) is 14.3 Å². The largest absolute Gasteiger partial charge is 0.464 e. The molecule has 150 valence electrons. The minimum atomic E-state index is -0.628. The van der Waals surface area contributed by atoms with E-state index in [2.05, 4.69) is 10.2 Å². The fourth-order valence-corrected chi connectivity index (χ4v) is 3.49. The Kier molecular flexibility index (Phi) is 6.06. The molecule has 1 aliphatic rings. The fraction of sp³-hybridized carbons (Fsp3) is 0.333. The van der Waals surface area contributed by atoms with Crippen LogP contribution >= 0.6 is 0 Å². The summed E-state index contributed by atoms with van der Waals surface area (Å²) in [7, 11) is 1.29. The first-order valence-corrected chi connectivity index (χ1v) is 9.90. The first-order chi connectivity index (χ1) is 13.9. The molecule has 0 spiro atoms. The second-order valence-electron chi connectivity index (χ2n) is 7.45. The highest BCUT2D eigenvalue weighted by atomic mass is 16.5. The van der Waals surface area contributed by atoms with Gasteiger partial charge in [-0.2, -0.15) is 0 Å². The summed E-state index contributed by atoms with van der Waals surface area (Å²) >= 11 is 0. The smallest absolute Gasteiger partial charge is 0.354 e. The molecule has 0 amide bonds. The minimum absolute atomic E-state index is 0.0278. The molecule has 0 aliphatic heterocycles. The van der Waals surface area contributed by atoms with Gasteiger partial charge in [-0.15, -0.1) is 10.2 Å². The summed E-state index contributed by atoms with van der Waals surface area (Å²) in [5.74, 6) is -0.657. The summed E-state index contributed by atoms with van der Waals surface area (Å²) in [6, 6.07) is 15.9. The van der Waals surface area contributed by atoms with Gasteiger partial charge in [-0.1, -0.05) is 69.3 Å². The van der Waals surface area contributed by atoms with Gasteiger partial charge in [-0.05, 0) is 24.0 Å². The molecule has 0 unspecified atom stereocenters. The Bertz CT molecular complexity index is 953. The highest BCUT2D eigenvalue weighted by Gasteiger charge is 2.32. The highest BCUT2D eigenvalue weighted by Crippen LogP contribution is 2.36. The summed E-state index contributed by atoms with van der Waals surface area (Å²) in [5.41, 5.74) is 4.31. The van der Waals surface area contributed by atoms with Crippen LogP contribution in [0.4, 0.5) is 0 Å². The van der Waals surface area contributed by atoms with Gasteiger partial charge in [0.05, 0.1) is 13.5 Å². The zero-order chi connectivity index (χ0) is 21.0. The predicted octanol–water partition coefficient (Wildman–Crippen LogP) is 4.82. The van der Waals surface area contributed by atoms with E-state index in [1.54, 1.807) is 0 Å². The zero-order valence-corrected chi connectivity index (χ0v) is 17.4. The third-order valence-electron chi connectivity index (χ3n) is 5.91. The SMILES string of the molecule is CCC(C)(CC)C(=O)CC(=NN=C1c2ccccc2-c2ccccc21)C(=O)OC. The van der Waals surface area contributed by atoms with E-state index in [4.69, 9.17) is 4.74 Å². The van der Waals surface area contributed by atoms with Gasteiger partial charge >= 0.3 is 5.97 Å². The Morgan fingerprint density at radius 2 is 1.38 bits per heavy atom. The standard InChI is InChI=1S/C24H26N2O3/c1-5-24(3,6-2)21(27)15-20(23(28)29-4)25-26-22-18-13-9-7-11-16(18)17-12-8-10-14-19(17)22/h7-14H,5-6,15H2,1-4H3. The summed E-state index contributed by atoms with van der Waals surface area (Å²) in [4.78, 5) is 25.1. The number of fused-ring (bicyclic) bond motifs is 3. The van der Waals surface area contributed by atoms with Crippen molar-refractivity contribution in [2.75, 3.05) is 7.11 Å². The van der Waals surface area contributed by atoms with Crippen molar-refractivity contribution in [2.45, 2.75) is 40.0 Å². The number of carbonyl (C=O) groups excluding carboxylic acids is 2. The van der Waals surface area contributed by atoms with Crippen LogP contribution in [0.2, 0.25) is 0 Å². The maximum Gasteiger partial charge on any atom is 0.354 e. The van der Waals surface area contributed by atoms with Gasteiger partial charge in [0, 0.05) is 16.5 Å². The lowest BCUT2D eigenvalue weighted by atomic mass is 9.78. The Morgan fingerprint density at radius 1 is 0.897 bits per heavy atom. The maximum atomic E-state index is 12.8. The lowest BCUT2D eigenvalue weighted by Crippen LogP contribution is -2.31. The van der Waals surface area contributed by atoms with Crippen LogP contribution in [0.1, 0.15) is 51.2 Å². The van der Waals surface area contributed by atoms with E-state index in [1.807, 2.05) is 69.3 Å². The summed E-state index contributed by atoms with van der Waals surface area (Å²) in [6.45, 7) is 5.87. The fourth-order valence-electron chi connectivity index (χ4n) is 3.49. The minimum Gasteiger partial charge on any atom is -0.464 e. The number of methoxy groups -OCH3 is 1. The monoisotopic (exact) mass is 390 g/mol. The molecule has 1 aliphatic carbocycles. The zero-order valence-electron chi connectivity index (χ0n) is 17.4. The number of carbonyl (C=O) groups is 2. The number of rotatable bonds is 7. The Labute approximate surface area is 171 Å². The van der Waals surface area contributed by atoms with Crippen LogP contribution in [0.3, 0.4) is 0 Å². The Balaban J connectivity index is 2.02. The van der Waals surface area contributed by atoms with Gasteiger partial charge in [-0.25, -0.2) is 4.79 Å². The van der Waals surface area contributed by atoms with E-state index in [1.165, 1.54) is 7.11 Å². The third-order valence-corrected chi connectivity index (χ3v) is 5.91. The predicted molar refractivity (Wildman–Crippen MR) is 115 cm³/mol. The van der Waals surface area contributed by atoms with Crippen molar-refractivity contribution in [3.05, 3.63) is 59.7 Å². The first-order valence-electron chi connectivity index (χ1n) is 9.90. The van der Waals surface area contributed by atoms with Crippen LogP contribution in [0.5, 0.6) is 0 Å². The molecular weight excluding hydrogens is 364 g/mol. The molecule has 0 heterocycles. The molecule has 2 aromatic rings. The molecule has 0 bridgehead atoms. The Morgan fingerprint density at radius 3 is 1.83 bits per heavy atom. The van der Waals surface area contributed by atoms with Gasteiger partial charge in [0.2, 0.25) is 0 Å². The lowest BCUT2D eigenvalue weighted by molar-refractivity contribution is -0.134. The molecular formula is C24H26N2O3. The van der Waals surface area contributed by atoms with Gasteiger partial charge in [0.25, 0.3) is 0 Å². The van der Waals surface area contributed by atoms with Crippen molar-refractivity contribution >= 4 is 23.2 Å². The Hall–Kier alpha value is -3.08. The lowest BCUT2D eigenvalue weighted by Gasteiger charge is -2.24. The average molecular weight is 390 g/mol. The summed E-state index contributed by atoms with van der Waals surface area (Å²) in [6.07, 6.45) is 1.31. The number of ketones is 1. The molecule has 29 heavy (non-hydrogen) atoms. The van der Waals surface area contributed by atoms with E-state index < -0.39 is 11.4 Å². The van der Waals surface area contributed by atoms with E-state index in [9.17, 15) is 9.59 Å². The van der Waals surface area contributed by atoms with Gasteiger partial charge in [0.1, 0.15) is 11.5 Å². The van der Waals surface area contributed by atoms with E-state index >= 15 is 0 Å². The van der Waals surface area contributed by atoms with Gasteiger partial charge in [-0.3, -0.25) is 4.79 Å². The number of nitrogens with zero attached hydrogens (tertiary/aromatic N) is 2. The van der Waals surface area contributed by atoms with Crippen molar-refractivity contribution in [1.29, 1.82) is 0 Å². The van der Waals surface area contributed by atoms with Crippen molar-refractivity contribution in [3.63, 3.8) is 0 Å². The summed E-state index contributed by atoms with van der Waals surface area (Å²) < 4.78 is 4.86. The van der Waals surface area contributed by atoms with Crippen molar-refractivity contribution in [2.24, 2.45) is 15.6 Å². The molecule has 0 aromatic heterocycles. The number of Topliss-reactive ketones (excluding diaryl/α,β-unsaturated/α-hetero) is 1. The van der Waals surface area contributed by atoms with E-state index in [0.717, 1.165) is 22.3 Å². The van der Waals surface area contributed by atoms with Crippen molar-refractivity contribution < 1.29 is 14.3 Å². The number of ether oxygens (including phenoxy) is 1.